The van der Waals surface area contributed by atoms with Crippen LogP contribution in [-0.2, 0) is 6.54 Å². The van der Waals surface area contributed by atoms with Crippen LogP contribution in [0, 0.1) is 0 Å². The number of carbonyl (C=O) groups excluding carboxylic acids is 2. The third-order valence-corrected chi connectivity index (χ3v) is 9.07. The molecule has 0 aliphatic carbocycles. The number of para-hydroxylation sites is 1. The molecule has 220 valence electrons. The van der Waals surface area contributed by atoms with Crippen LogP contribution in [0.4, 0.5) is 4.79 Å². The number of likely N-dealkylation sites (tertiary alicyclic amines) is 1. The van der Waals surface area contributed by atoms with E-state index in [1.807, 2.05) is 45.0 Å². The molecule has 1 aliphatic rings. The number of Topliss-reactive ketones (excluding diaryl/α,β-unsaturated/α-hetero) is 1. The van der Waals surface area contributed by atoms with Gasteiger partial charge in [-0.1, -0.05) is 48.5 Å². The number of rotatable bonds is 7. The predicted molar refractivity (Wildman–Crippen MR) is 164 cm³/mol. The molecule has 1 atom stereocenters. The van der Waals surface area contributed by atoms with Gasteiger partial charge in [-0.2, -0.15) is 0 Å². The molecule has 2 aromatic heterocycles. The first-order valence-corrected chi connectivity index (χ1v) is 14.9. The van der Waals surface area contributed by atoms with Crippen molar-refractivity contribution in [1.82, 2.24) is 14.4 Å². The molecule has 42 heavy (non-hydrogen) atoms. The van der Waals surface area contributed by atoms with E-state index in [-0.39, 0.29) is 42.0 Å². The van der Waals surface area contributed by atoms with Gasteiger partial charge in [0.05, 0.1) is 23.9 Å². The second-order valence-corrected chi connectivity index (χ2v) is 12.6. The molecule has 0 saturated carbocycles. The molecule has 1 unspecified atom stereocenters. The molecule has 0 bridgehead atoms. The van der Waals surface area contributed by atoms with Crippen LogP contribution >= 0.6 is 11.3 Å². The minimum absolute atomic E-state index is 0.159. The normalized spacial score (nSPS) is 15.6. The molecular weight excluding hydrogens is 554 g/mol. The van der Waals surface area contributed by atoms with Gasteiger partial charge in [-0.3, -0.25) is 19.0 Å². The Labute approximate surface area is 247 Å². The van der Waals surface area contributed by atoms with E-state index in [1.165, 1.54) is 27.9 Å². The number of hydrogen-bond donors (Lipinski definition) is 1. The summed E-state index contributed by atoms with van der Waals surface area (Å²) < 4.78 is 7.83. The maximum Gasteiger partial charge on any atom is 0.407 e. The number of piperidine rings is 1. The van der Waals surface area contributed by atoms with Crippen molar-refractivity contribution in [2.75, 3.05) is 20.2 Å². The Bertz CT molecular complexity index is 1720. The fourth-order valence-corrected chi connectivity index (χ4v) is 6.99. The average molecular weight is 590 g/mol. The largest absolute Gasteiger partial charge is 0.494 e. The van der Waals surface area contributed by atoms with Gasteiger partial charge in [0.25, 0.3) is 11.5 Å². The zero-order chi connectivity index (χ0) is 30.2. The molecular formula is C32H35N3O6S. The molecule has 3 heterocycles. The third kappa shape index (κ3) is 5.38. The van der Waals surface area contributed by atoms with Gasteiger partial charge in [0, 0.05) is 35.6 Å². The molecule has 5 rings (SSSR count). The first-order valence-electron chi connectivity index (χ1n) is 14.0. The Hall–Kier alpha value is -4.18. The lowest BCUT2D eigenvalue weighted by Gasteiger charge is -2.41. The maximum absolute atomic E-state index is 14.2. The van der Waals surface area contributed by atoms with Gasteiger partial charge in [0.15, 0.2) is 11.5 Å². The van der Waals surface area contributed by atoms with Gasteiger partial charge in [-0.15, -0.1) is 11.3 Å². The highest BCUT2D eigenvalue weighted by atomic mass is 32.1. The number of ether oxygens (including phenoxy) is 1. The number of carbonyl (C=O) groups is 3. The number of thiophene rings is 1. The van der Waals surface area contributed by atoms with Crippen LogP contribution in [0.3, 0.4) is 0 Å². The van der Waals surface area contributed by atoms with E-state index in [1.54, 1.807) is 35.2 Å². The quantitative estimate of drug-likeness (QED) is 0.270. The summed E-state index contributed by atoms with van der Waals surface area (Å²) in [4.78, 5) is 56.9. The van der Waals surface area contributed by atoms with Gasteiger partial charge in [0.1, 0.15) is 10.3 Å². The zero-order valence-corrected chi connectivity index (χ0v) is 25.1. The summed E-state index contributed by atoms with van der Waals surface area (Å²) in [6.45, 7) is 6.02. The van der Waals surface area contributed by atoms with Gasteiger partial charge in [0.2, 0.25) is 0 Å². The Morgan fingerprint density at radius 3 is 2.40 bits per heavy atom. The van der Waals surface area contributed by atoms with Crippen molar-refractivity contribution in [3.63, 3.8) is 0 Å². The molecule has 1 saturated heterocycles. The van der Waals surface area contributed by atoms with Crippen molar-refractivity contribution < 1.29 is 24.2 Å². The lowest BCUT2D eigenvalue weighted by Crippen LogP contribution is -2.54. The van der Waals surface area contributed by atoms with Crippen LogP contribution in [0.5, 0.6) is 5.75 Å². The second-order valence-electron chi connectivity index (χ2n) is 11.6. The summed E-state index contributed by atoms with van der Waals surface area (Å²) in [6, 6.07) is 15.9. The number of nitrogens with zero attached hydrogens (tertiary/aromatic N) is 3. The first kappa shape index (κ1) is 29.3. The standard InChI is InChI=1S/C32H35N3O6S/c1-32(2,3)35(31(39)40)18-21-14-10-11-17-33(21)30(38)28-26(41-4)25-27(42-28)22-15-8-9-16-23(22)34(29(25)37)19-24(36)20-12-6-5-7-13-20/h5-9,12-13,15-16,21H,10-11,14,17-19H2,1-4H3,(H,39,40). The molecule has 9 nitrogen and oxygen atoms in total. The molecule has 1 aliphatic heterocycles. The molecule has 0 spiro atoms. The Morgan fingerprint density at radius 1 is 1.05 bits per heavy atom. The number of methoxy groups -OCH3 is 1. The van der Waals surface area contributed by atoms with Crippen LogP contribution in [0.25, 0.3) is 21.0 Å². The number of pyridine rings is 1. The van der Waals surface area contributed by atoms with Crippen LogP contribution in [0.2, 0.25) is 0 Å². The molecule has 1 fully saturated rings. The highest BCUT2D eigenvalue weighted by Crippen LogP contribution is 2.41. The summed E-state index contributed by atoms with van der Waals surface area (Å²) in [5, 5.41) is 10.9. The van der Waals surface area contributed by atoms with Crippen LogP contribution in [-0.4, -0.2) is 69.0 Å². The highest BCUT2D eigenvalue weighted by Gasteiger charge is 2.36. The second kappa shape index (κ2) is 11.6. The molecule has 10 heteroatoms. The average Bonchev–Trinajstić information content (AvgIpc) is 3.37. The molecule has 2 amide bonds. The number of ketones is 1. The van der Waals surface area contributed by atoms with Gasteiger partial charge < -0.3 is 19.6 Å². The molecule has 0 radical (unpaired) electrons. The SMILES string of the molecule is COc1c(C(=O)N2CCCCC2CN(C(=O)O)C(C)(C)C)sc2c1c(=O)n(CC(=O)c1ccccc1)c1ccccc21. The van der Waals surface area contributed by atoms with E-state index >= 15 is 0 Å². The predicted octanol–water partition coefficient (Wildman–Crippen LogP) is 5.88. The van der Waals surface area contributed by atoms with E-state index < -0.39 is 17.2 Å². The smallest absolute Gasteiger partial charge is 0.407 e. The van der Waals surface area contributed by atoms with Crippen LogP contribution < -0.4 is 10.3 Å². The van der Waals surface area contributed by atoms with E-state index in [0.717, 1.165) is 18.2 Å². The van der Waals surface area contributed by atoms with Crippen LogP contribution in [0.1, 0.15) is 60.1 Å². The molecule has 4 aromatic rings. The number of amides is 2. The van der Waals surface area contributed by atoms with Crippen molar-refractivity contribution >= 4 is 50.1 Å². The van der Waals surface area contributed by atoms with Crippen molar-refractivity contribution in [2.24, 2.45) is 0 Å². The molecule has 1 N–H and O–H groups in total. The summed E-state index contributed by atoms with van der Waals surface area (Å²) in [7, 11) is 1.44. The van der Waals surface area contributed by atoms with Gasteiger partial charge in [-0.25, -0.2) is 4.79 Å². The minimum atomic E-state index is -1.03. The Balaban J connectivity index is 1.61. The number of aromatic nitrogens is 1. The van der Waals surface area contributed by atoms with E-state index in [9.17, 15) is 24.3 Å². The Morgan fingerprint density at radius 2 is 1.74 bits per heavy atom. The van der Waals surface area contributed by atoms with E-state index in [0.29, 0.717) is 33.6 Å². The lowest BCUT2D eigenvalue weighted by molar-refractivity contribution is 0.0424. The van der Waals surface area contributed by atoms with Crippen molar-refractivity contribution in [3.8, 4) is 5.75 Å². The number of benzene rings is 2. The fraction of sp³-hybridized carbons (Fsp3) is 0.375. The highest BCUT2D eigenvalue weighted by molar-refractivity contribution is 7.22. The minimum Gasteiger partial charge on any atom is -0.494 e. The number of hydrogen-bond acceptors (Lipinski definition) is 6. The van der Waals surface area contributed by atoms with Gasteiger partial charge in [-0.05, 0) is 46.1 Å². The topological polar surface area (TPSA) is 109 Å². The van der Waals surface area contributed by atoms with Crippen molar-refractivity contribution in [2.45, 2.75) is 58.2 Å². The van der Waals surface area contributed by atoms with Crippen molar-refractivity contribution in [3.05, 3.63) is 75.4 Å². The summed E-state index contributed by atoms with van der Waals surface area (Å²) in [6.07, 6.45) is 1.34. The van der Waals surface area contributed by atoms with Crippen LogP contribution in [0.15, 0.2) is 59.4 Å². The number of fused-ring (bicyclic) bond motifs is 3. The van der Waals surface area contributed by atoms with E-state index in [4.69, 9.17) is 4.74 Å². The van der Waals surface area contributed by atoms with E-state index in [2.05, 4.69) is 0 Å². The maximum atomic E-state index is 14.2. The summed E-state index contributed by atoms with van der Waals surface area (Å²) >= 11 is 1.21. The summed E-state index contributed by atoms with van der Waals surface area (Å²) in [5.41, 5.74) is 0.0676. The molecule has 2 aromatic carbocycles. The summed E-state index contributed by atoms with van der Waals surface area (Å²) in [5.74, 6) is -0.301. The van der Waals surface area contributed by atoms with Gasteiger partial charge >= 0.3 is 6.09 Å². The van der Waals surface area contributed by atoms with Crippen molar-refractivity contribution in [1.29, 1.82) is 0 Å². The number of carboxylic acid groups (broad SMARTS) is 1. The zero-order valence-electron chi connectivity index (χ0n) is 24.3. The third-order valence-electron chi connectivity index (χ3n) is 7.88. The fourth-order valence-electron chi connectivity index (χ4n) is 5.73. The first-order chi connectivity index (χ1) is 20.0. The monoisotopic (exact) mass is 589 g/mol. The lowest BCUT2D eigenvalue weighted by atomic mass is 9.98. The Kier molecular flexibility index (Phi) is 8.10.